The first kappa shape index (κ1) is 15.8. The molecule has 0 fully saturated rings. The molecule has 0 aliphatic carbocycles. The largest absolute Gasteiger partial charge is 0.443 e. The molecule has 116 valence electrons. The zero-order chi connectivity index (χ0) is 16.5. The summed E-state index contributed by atoms with van der Waals surface area (Å²) in [7, 11) is 0. The van der Waals surface area contributed by atoms with Crippen LogP contribution in [0.2, 0.25) is 0 Å². The lowest BCUT2D eigenvalue weighted by molar-refractivity contribution is -0.114. The molecule has 5 heteroatoms. The maximum absolute atomic E-state index is 12.3. The average Bonchev–Trinajstić information content (AvgIpc) is 2.74. The summed E-state index contributed by atoms with van der Waals surface area (Å²) in [5.41, 5.74) is 1.55. The van der Waals surface area contributed by atoms with Gasteiger partial charge in [0, 0.05) is 18.5 Å². The van der Waals surface area contributed by atoms with Gasteiger partial charge in [0.15, 0.2) is 0 Å². The molecule has 0 bridgehead atoms. The first-order valence-electron chi connectivity index (χ1n) is 7.00. The summed E-state index contributed by atoms with van der Waals surface area (Å²) in [5.74, 6) is -0.202. The number of nitrogens with one attached hydrogen (secondary N) is 1. The third-order valence-corrected chi connectivity index (χ3v) is 2.97. The standard InChI is InChI=1S/C17H20N2O3/c1-6-12-7-8-15-13(9-12)14(18-11(2)20)10-19(15)16(21)22-17(3,4)5/h6-10H,1H2,2-5H3,(H,18,20). The number of hydrogen-bond donors (Lipinski definition) is 1. The van der Waals surface area contributed by atoms with Gasteiger partial charge in [-0.3, -0.25) is 9.36 Å². The van der Waals surface area contributed by atoms with E-state index in [0.29, 0.717) is 11.2 Å². The highest BCUT2D eigenvalue weighted by molar-refractivity contribution is 6.04. The lowest BCUT2D eigenvalue weighted by atomic mass is 10.1. The van der Waals surface area contributed by atoms with Crippen molar-refractivity contribution in [2.24, 2.45) is 0 Å². The third kappa shape index (κ3) is 3.36. The van der Waals surface area contributed by atoms with E-state index in [4.69, 9.17) is 4.74 Å². The lowest BCUT2D eigenvalue weighted by Crippen LogP contribution is -2.26. The Bertz CT molecular complexity index is 751. The van der Waals surface area contributed by atoms with Crippen molar-refractivity contribution in [3.8, 4) is 0 Å². The molecule has 0 spiro atoms. The average molecular weight is 300 g/mol. The second kappa shape index (κ2) is 5.67. The number of rotatable bonds is 2. The van der Waals surface area contributed by atoms with Gasteiger partial charge in [0.2, 0.25) is 5.91 Å². The summed E-state index contributed by atoms with van der Waals surface area (Å²) in [6, 6.07) is 5.53. The number of fused-ring (bicyclic) bond motifs is 1. The Morgan fingerprint density at radius 2 is 2.00 bits per heavy atom. The predicted molar refractivity (Wildman–Crippen MR) is 88.0 cm³/mol. The van der Waals surface area contributed by atoms with Crippen LogP contribution >= 0.6 is 0 Å². The first-order chi connectivity index (χ1) is 10.2. The molecule has 2 aromatic rings. The number of carbonyl (C=O) groups excluding carboxylic acids is 2. The molecule has 1 aromatic heterocycles. The number of amides is 1. The molecule has 1 amide bonds. The molecule has 0 atom stereocenters. The van der Waals surface area contributed by atoms with Crippen LogP contribution in [0.3, 0.4) is 0 Å². The molecule has 0 aliphatic heterocycles. The van der Waals surface area contributed by atoms with E-state index in [1.54, 1.807) is 33.0 Å². The fourth-order valence-electron chi connectivity index (χ4n) is 2.13. The van der Waals surface area contributed by atoms with Crippen molar-refractivity contribution in [2.75, 3.05) is 5.32 Å². The second-order valence-corrected chi connectivity index (χ2v) is 6.06. The SMILES string of the molecule is C=Cc1ccc2c(c1)c(NC(C)=O)cn2C(=O)OC(C)(C)C. The van der Waals surface area contributed by atoms with E-state index in [9.17, 15) is 9.59 Å². The van der Waals surface area contributed by atoms with Crippen LogP contribution in [-0.2, 0) is 9.53 Å². The molecule has 0 saturated heterocycles. The Hall–Kier alpha value is -2.56. The van der Waals surface area contributed by atoms with E-state index in [0.717, 1.165) is 10.9 Å². The quantitative estimate of drug-likeness (QED) is 0.911. The monoisotopic (exact) mass is 300 g/mol. The van der Waals surface area contributed by atoms with Crippen LogP contribution in [0, 0.1) is 0 Å². The van der Waals surface area contributed by atoms with Gasteiger partial charge < -0.3 is 10.1 Å². The minimum atomic E-state index is -0.594. The fourth-order valence-corrected chi connectivity index (χ4v) is 2.13. The van der Waals surface area contributed by atoms with Gasteiger partial charge >= 0.3 is 6.09 Å². The van der Waals surface area contributed by atoms with Crippen molar-refractivity contribution in [3.05, 3.63) is 36.5 Å². The van der Waals surface area contributed by atoms with Gasteiger partial charge in [0.05, 0.1) is 11.2 Å². The normalized spacial score (nSPS) is 11.3. The second-order valence-electron chi connectivity index (χ2n) is 6.06. The Labute approximate surface area is 129 Å². The smallest absolute Gasteiger partial charge is 0.419 e. The van der Waals surface area contributed by atoms with Gasteiger partial charge in [-0.05, 0) is 38.5 Å². The molecule has 5 nitrogen and oxygen atoms in total. The van der Waals surface area contributed by atoms with E-state index >= 15 is 0 Å². The number of hydrogen-bond acceptors (Lipinski definition) is 3. The summed E-state index contributed by atoms with van der Waals surface area (Å²) in [6.07, 6.45) is 2.80. The Morgan fingerprint density at radius 1 is 1.32 bits per heavy atom. The molecule has 1 N–H and O–H groups in total. The highest BCUT2D eigenvalue weighted by atomic mass is 16.6. The van der Waals surface area contributed by atoms with Gasteiger partial charge in [-0.15, -0.1) is 0 Å². The van der Waals surface area contributed by atoms with Crippen LogP contribution in [-0.4, -0.2) is 22.2 Å². The zero-order valence-electron chi connectivity index (χ0n) is 13.3. The van der Waals surface area contributed by atoms with Gasteiger partial charge in [-0.2, -0.15) is 0 Å². The van der Waals surface area contributed by atoms with Crippen molar-refractivity contribution in [1.29, 1.82) is 0 Å². The van der Waals surface area contributed by atoms with Crippen molar-refractivity contribution >= 4 is 34.7 Å². The highest BCUT2D eigenvalue weighted by Crippen LogP contribution is 2.28. The fraction of sp³-hybridized carbons (Fsp3) is 0.294. The van der Waals surface area contributed by atoms with Crippen LogP contribution in [0.15, 0.2) is 31.0 Å². The lowest BCUT2D eigenvalue weighted by Gasteiger charge is -2.19. The molecule has 0 aliphatic rings. The predicted octanol–water partition coefficient (Wildman–Crippen LogP) is 4.03. The van der Waals surface area contributed by atoms with Crippen LogP contribution in [0.5, 0.6) is 0 Å². The molecule has 1 heterocycles. The number of carbonyl (C=O) groups is 2. The number of ether oxygens (including phenoxy) is 1. The topological polar surface area (TPSA) is 60.3 Å². The van der Waals surface area contributed by atoms with Crippen LogP contribution in [0.4, 0.5) is 10.5 Å². The summed E-state index contributed by atoms with van der Waals surface area (Å²) >= 11 is 0. The number of benzene rings is 1. The Morgan fingerprint density at radius 3 is 2.55 bits per heavy atom. The molecule has 0 saturated carbocycles. The van der Waals surface area contributed by atoms with Crippen LogP contribution in [0.25, 0.3) is 17.0 Å². The van der Waals surface area contributed by atoms with Gasteiger partial charge in [0.1, 0.15) is 5.60 Å². The van der Waals surface area contributed by atoms with Crippen LogP contribution in [0.1, 0.15) is 33.3 Å². The molecule has 1 aromatic carbocycles. The minimum Gasteiger partial charge on any atom is -0.443 e. The van der Waals surface area contributed by atoms with Gasteiger partial charge in [-0.1, -0.05) is 18.7 Å². The summed E-state index contributed by atoms with van der Waals surface area (Å²) in [4.78, 5) is 23.7. The Kier molecular flexibility index (Phi) is 4.08. The zero-order valence-corrected chi connectivity index (χ0v) is 13.3. The molecule has 22 heavy (non-hydrogen) atoms. The van der Waals surface area contributed by atoms with Crippen LogP contribution < -0.4 is 5.32 Å². The van der Waals surface area contributed by atoms with E-state index in [2.05, 4.69) is 11.9 Å². The minimum absolute atomic E-state index is 0.202. The van der Waals surface area contributed by atoms with Gasteiger partial charge in [-0.25, -0.2) is 4.79 Å². The maximum Gasteiger partial charge on any atom is 0.419 e. The Balaban J connectivity index is 2.57. The number of anilines is 1. The first-order valence-corrected chi connectivity index (χ1v) is 7.00. The molecular weight excluding hydrogens is 280 g/mol. The third-order valence-electron chi connectivity index (χ3n) is 2.97. The molecule has 0 unspecified atom stereocenters. The van der Waals surface area contributed by atoms with E-state index in [1.807, 2.05) is 18.2 Å². The van der Waals surface area contributed by atoms with Crippen molar-refractivity contribution in [1.82, 2.24) is 4.57 Å². The van der Waals surface area contributed by atoms with Crippen molar-refractivity contribution in [3.63, 3.8) is 0 Å². The van der Waals surface area contributed by atoms with Gasteiger partial charge in [0.25, 0.3) is 0 Å². The van der Waals surface area contributed by atoms with E-state index in [-0.39, 0.29) is 5.91 Å². The molecule has 0 radical (unpaired) electrons. The number of nitrogens with zero attached hydrogens (tertiary/aromatic N) is 1. The highest BCUT2D eigenvalue weighted by Gasteiger charge is 2.21. The van der Waals surface area contributed by atoms with Crippen molar-refractivity contribution < 1.29 is 14.3 Å². The van der Waals surface area contributed by atoms with E-state index < -0.39 is 11.7 Å². The maximum atomic E-state index is 12.3. The summed E-state index contributed by atoms with van der Waals surface area (Å²) in [5, 5.41) is 3.50. The summed E-state index contributed by atoms with van der Waals surface area (Å²) < 4.78 is 6.80. The van der Waals surface area contributed by atoms with Crippen molar-refractivity contribution in [2.45, 2.75) is 33.3 Å². The van der Waals surface area contributed by atoms with E-state index in [1.165, 1.54) is 11.5 Å². The number of aromatic nitrogens is 1. The summed E-state index contributed by atoms with van der Waals surface area (Å²) in [6.45, 7) is 10.6. The molecular formula is C17H20N2O3. The molecule has 2 rings (SSSR count).